The maximum absolute atomic E-state index is 13.8. The Morgan fingerprint density at radius 2 is 2.00 bits per heavy atom. The van der Waals surface area contributed by atoms with Crippen molar-refractivity contribution in [2.45, 2.75) is 13.5 Å². The molecule has 0 unspecified atom stereocenters. The molecule has 0 saturated heterocycles. The highest BCUT2D eigenvalue weighted by molar-refractivity contribution is 9.10. The monoisotopic (exact) mass is 375 g/mol. The summed E-state index contributed by atoms with van der Waals surface area (Å²) < 4.78 is 33.1. The topological polar surface area (TPSA) is 21.3 Å². The van der Waals surface area contributed by atoms with Gasteiger partial charge in [-0.15, -0.1) is 0 Å². The summed E-state index contributed by atoms with van der Waals surface area (Å²) in [4.78, 5) is 0. The Kier molecular flexibility index (Phi) is 5.56. The zero-order valence-electron chi connectivity index (χ0n) is 11.2. The summed E-state index contributed by atoms with van der Waals surface area (Å²) in [6.07, 6.45) is 0. The van der Waals surface area contributed by atoms with Gasteiger partial charge in [-0.3, -0.25) is 0 Å². The summed E-state index contributed by atoms with van der Waals surface area (Å²) in [5.41, 5.74) is 0.695. The van der Waals surface area contributed by atoms with Crippen molar-refractivity contribution in [2.75, 3.05) is 6.54 Å². The molecule has 0 heterocycles. The maximum atomic E-state index is 13.8. The average molecular weight is 377 g/mol. The molecular formula is C15H13BrClF2NO. The number of hydrogen-bond acceptors (Lipinski definition) is 2. The molecule has 0 atom stereocenters. The van der Waals surface area contributed by atoms with Crippen molar-refractivity contribution in [2.24, 2.45) is 0 Å². The molecule has 1 N–H and O–H groups in total. The number of rotatable bonds is 5. The Morgan fingerprint density at radius 1 is 1.24 bits per heavy atom. The molecule has 0 amide bonds. The van der Waals surface area contributed by atoms with Crippen molar-refractivity contribution < 1.29 is 13.5 Å². The number of ether oxygens (including phenoxy) is 1. The molecule has 0 aliphatic rings. The van der Waals surface area contributed by atoms with E-state index in [0.717, 1.165) is 12.6 Å². The summed E-state index contributed by atoms with van der Waals surface area (Å²) in [5, 5.41) is 3.63. The predicted octanol–water partition coefficient (Wildman–Crippen LogP) is 5.28. The van der Waals surface area contributed by atoms with Crippen molar-refractivity contribution in [3.8, 4) is 11.5 Å². The standard InChI is InChI=1S/C15H13BrClF2NO/c1-2-20-8-10-11(17)4-3-5-13(10)21-14-7-9(16)6-12(18)15(14)19/h3-7,20H,2,8H2,1H3. The van der Waals surface area contributed by atoms with Gasteiger partial charge in [-0.25, -0.2) is 4.39 Å². The van der Waals surface area contributed by atoms with Gasteiger partial charge in [0.15, 0.2) is 11.6 Å². The van der Waals surface area contributed by atoms with Gasteiger partial charge >= 0.3 is 0 Å². The van der Waals surface area contributed by atoms with Crippen molar-refractivity contribution >= 4 is 27.5 Å². The quantitative estimate of drug-likeness (QED) is 0.717. The van der Waals surface area contributed by atoms with Gasteiger partial charge in [0.05, 0.1) is 0 Å². The molecule has 0 aliphatic heterocycles. The Labute approximate surface area is 135 Å². The first kappa shape index (κ1) is 16.2. The van der Waals surface area contributed by atoms with Crippen LogP contribution in [0.2, 0.25) is 5.02 Å². The predicted molar refractivity (Wildman–Crippen MR) is 83.0 cm³/mol. The lowest BCUT2D eigenvalue weighted by molar-refractivity contribution is 0.411. The molecule has 2 rings (SSSR count). The van der Waals surface area contributed by atoms with Crippen LogP contribution in [0.4, 0.5) is 8.78 Å². The molecule has 2 nitrogen and oxygen atoms in total. The normalized spacial score (nSPS) is 10.7. The van der Waals surface area contributed by atoms with Crippen molar-refractivity contribution in [3.05, 3.63) is 57.0 Å². The summed E-state index contributed by atoms with van der Waals surface area (Å²) >= 11 is 9.25. The summed E-state index contributed by atoms with van der Waals surface area (Å²) in [7, 11) is 0. The molecule has 0 aliphatic carbocycles. The minimum atomic E-state index is -1.03. The minimum Gasteiger partial charge on any atom is -0.454 e. The Balaban J connectivity index is 2.38. The third-order valence-corrected chi connectivity index (χ3v) is 3.62. The molecule has 0 saturated carbocycles. The van der Waals surface area contributed by atoms with Crippen molar-refractivity contribution in [1.82, 2.24) is 5.32 Å². The SMILES string of the molecule is CCNCc1c(Cl)cccc1Oc1cc(Br)cc(F)c1F. The number of halogens is 4. The molecule has 0 aromatic heterocycles. The summed E-state index contributed by atoms with van der Waals surface area (Å²) in [6, 6.07) is 7.49. The fourth-order valence-electron chi connectivity index (χ4n) is 1.78. The van der Waals surface area contributed by atoms with E-state index in [-0.39, 0.29) is 5.75 Å². The second-order valence-corrected chi connectivity index (χ2v) is 5.62. The Morgan fingerprint density at radius 3 is 2.71 bits per heavy atom. The minimum absolute atomic E-state index is 0.193. The van der Waals surface area contributed by atoms with E-state index in [1.807, 2.05) is 6.92 Å². The maximum Gasteiger partial charge on any atom is 0.201 e. The lowest BCUT2D eigenvalue weighted by Gasteiger charge is -2.14. The van der Waals surface area contributed by atoms with Crippen LogP contribution >= 0.6 is 27.5 Å². The van der Waals surface area contributed by atoms with E-state index in [2.05, 4.69) is 21.2 Å². The fraction of sp³-hybridized carbons (Fsp3) is 0.200. The number of nitrogens with one attached hydrogen (secondary N) is 1. The Bertz CT molecular complexity index is 652. The average Bonchev–Trinajstić information content (AvgIpc) is 2.43. The molecular weight excluding hydrogens is 364 g/mol. The molecule has 6 heteroatoms. The van der Waals surface area contributed by atoms with E-state index in [1.54, 1.807) is 18.2 Å². The van der Waals surface area contributed by atoms with E-state index in [9.17, 15) is 8.78 Å². The van der Waals surface area contributed by atoms with Crippen LogP contribution in [0.1, 0.15) is 12.5 Å². The molecule has 0 fully saturated rings. The van der Waals surface area contributed by atoms with Gasteiger partial charge in [-0.05, 0) is 30.8 Å². The number of benzene rings is 2. The third kappa shape index (κ3) is 3.93. The zero-order chi connectivity index (χ0) is 15.4. The van der Waals surface area contributed by atoms with Gasteiger partial charge in [-0.1, -0.05) is 40.5 Å². The zero-order valence-corrected chi connectivity index (χ0v) is 13.6. The van der Waals surface area contributed by atoms with E-state index in [0.29, 0.717) is 27.4 Å². The molecule has 2 aromatic rings. The Hall–Kier alpha value is -1.17. The van der Waals surface area contributed by atoms with Crippen LogP contribution in [0.3, 0.4) is 0 Å². The molecule has 2 aromatic carbocycles. The van der Waals surface area contributed by atoms with Crippen molar-refractivity contribution in [1.29, 1.82) is 0 Å². The highest BCUT2D eigenvalue weighted by Crippen LogP contribution is 2.33. The summed E-state index contributed by atoms with van der Waals surface area (Å²) in [6.45, 7) is 3.19. The van der Waals surface area contributed by atoms with Gasteiger partial charge in [0.1, 0.15) is 5.75 Å². The smallest absolute Gasteiger partial charge is 0.201 e. The lowest BCUT2D eigenvalue weighted by atomic mass is 10.2. The highest BCUT2D eigenvalue weighted by Gasteiger charge is 2.15. The van der Waals surface area contributed by atoms with Gasteiger partial charge in [0.2, 0.25) is 5.82 Å². The van der Waals surface area contributed by atoms with Crippen LogP contribution in [0.25, 0.3) is 0 Å². The molecule has 112 valence electrons. The van der Waals surface area contributed by atoms with Crippen molar-refractivity contribution in [3.63, 3.8) is 0 Å². The largest absolute Gasteiger partial charge is 0.454 e. The van der Waals surface area contributed by atoms with Gasteiger partial charge < -0.3 is 10.1 Å². The van der Waals surface area contributed by atoms with E-state index < -0.39 is 11.6 Å². The second-order valence-electron chi connectivity index (χ2n) is 4.30. The van der Waals surface area contributed by atoms with Gasteiger partial charge in [0, 0.05) is 21.6 Å². The first-order valence-electron chi connectivity index (χ1n) is 6.33. The lowest BCUT2D eigenvalue weighted by Crippen LogP contribution is -2.13. The first-order chi connectivity index (χ1) is 10.0. The van der Waals surface area contributed by atoms with Crippen LogP contribution in [0.15, 0.2) is 34.8 Å². The third-order valence-electron chi connectivity index (χ3n) is 2.81. The van der Waals surface area contributed by atoms with E-state index in [4.69, 9.17) is 16.3 Å². The fourth-order valence-corrected chi connectivity index (χ4v) is 2.42. The van der Waals surface area contributed by atoms with Crippen LogP contribution in [-0.2, 0) is 6.54 Å². The molecule has 0 bridgehead atoms. The van der Waals surface area contributed by atoms with Crippen LogP contribution in [0.5, 0.6) is 11.5 Å². The van der Waals surface area contributed by atoms with E-state index >= 15 is 0 Å². The van der Waals surface area contributed by atoms with Gasteiger partial charge in [0.25, 0.3) is 0 Å². The second kappa shape index (κ2) is 7.20. The van der Waals surface area contributed by atoms with Gasteiger partial charge in [-0.2, -0.15) is 4.39 Å². The summed E-state index contributed by atoms with van der Waals surface area (Å²) in [5.74, 6) is -1.82. The van der Waals surface area contributed by atoms with Crippen LogP contribution in [-0.4, -0.2) is 6.54 Å². The number of hydrogen-bond donors (Lipinski definition) is 1. The van der Waals surface area contributed by atoms with E-state index in [1.165, 1.54) is 6.07 Å². The molecule has 21 heavy (non-hydrogen) atoms. The van der Waals surface area contributed by atoms with Crippen LogP contribution in [0, 0.1) is 11.6 Å². The molecule has 0 spiro atoms. The highest BCUT2D eigenvalue weighted by atomic mass is 79.9. The first-order valence-corrected chi connectivity index (χ1v) is 7.50. The van der Waals surface area contributed by atoms with Crippen LogP contribution < -0.4 is 10.1 Å². The molecule has 0 radical (unpaired) electrons.